The summed E-state index contributed by atoms with van der Waals surface area (Å²) in [4.78, 5) is 0. The first-order valence-electron chi connectivity index (χ1n) is 5.68. The van der Waals surface area contributed by atoms with Crippen LogP contribution in [0.1, 0.15) is 30.4 Å². The van der Waals surface area contributed by atoms with Gasteiger partial charge >= 0.3 is 0 Å². The van der Waals surface area contributed by atoms with E-state index in [0.29, 0.717) is 17.9 Å². The number of methoxy groups -OCH3 is 1. The van der Waals surface area contributed by atoms with E-state index < -0.39 is 0 Å². The standard InChI is InChI=1S/C13H16N2O2/c1-17-12-6-11(16)10(5-9(12)7-14)13(8-15)3-2-4-13/h5-6,16H,2-4,8,15H2,1H3. The molecule has 0 aromatic heterocycles. The molecule has 0 spiro atoms. The number of aromatic hydroxyl groups is 1. The predicted octanol–water partition coefficient (Wildman–Crippen LogP) is 1.65. The first-order valence-corrected chi connectivity index (χ1v) is 5.68. The van der Waals surface area contributed by atoms with E-state index in [2.05, 4.69) is 6.07 Å². The van der Waals surface area contributed by atoms with Crippen LogP contribution in [-0.2, 0) is 5.41 Å². The Morgan fingerprint density at radius 2 is 2.24 bits per heavy atom. The highest BCUT2D eigenvalue weighted by Gasteiger charge is 2.39. The summed E-state index contributed by atoms with van der Waals surface area (Å²) in [5.41, 5.74) is 6.88. The van der Waals surface area contributed by atoms with Gasteiger partial charge in [-0.3, -0.25) is 0 Å². The van der Waals surface area contributed by atoms with Crippen molar-refractivity contribution in [2.75, 3.05) is 13.7 Å². The van der Waals surface area contributed by atoms with Crippen molar-refractivity contribution in [3.05, 3.63) is 23.3 Å². The number of nitrogens with two attached hydrogens (primary N) is 1. The second kappa shape index (κ2) is 4.27. The number of rotatable bonds is 3. The number of hydrogen-bond acceptors (Lipinski definition) is 4. The van der Waals surface area contributed by atoms with Gasteiger partial charge in [0.15, 0.2) is 0 Å². The van der Waals surface area contributed by atoms with Crippen LogP contribution in [0.5, 0.6) is 11.5 Å². The summed E-state index contributed by atoms with van der Waals surface area (Å²) in [6, 6.07) is 5.29. The first kappa shape index (κ1) is 11.7. The molecule has 0 atom stereocenters. The molecular weight excluding hydrogens is 216 g/mol. The molecule has 4 heteroatoms. The van der Waals surface area contributed by atoms with E-state index >= 15 is 0 Å². The predicted molar refractivity (Wildman–Crippen MR) is 64.0 cm³/mol. The van der Waals surface area contributed by atoms with Gasteiger partial charge in [0.2, 0.25) is 0 Å². The van der Waals surface area contributed by atoms with Crippen LogP contribution in [-0.4, -0.2) is 18.8 Å². The van der Waals surface area contributed by atoms with Gasteiger partial charge in [0.05, 0.1) is 12.7 Å². The number of nitrogens with zero attached hydrogens (tertiary/aromatic N) is 1. The van der Waals surface area contributed by atoms with Crippen LogP contribution in [0.25, 0.3) is 0 Å². The second-order valence-corrected chi connectivity index (χ2v) is 4.52. The van der Waals surface area contributed by atoms with E-state index in [1.165, 1.54) is 13.2 Å². The Morgan fingerprint density at radius 3 is 2.65 bits per heavy atom. The van der Waals surface area contributed by atoms with Crippen molar-refractivity contribution in [1.82, 2.24) is 0 Å². The molecule has 1 aromatic carbocycles. The lowest BCUT2D eigenvalue weighted by molar-refractivity contribution is 0.244. The largest absolute Gasteiger partial charge is 0.508 e. The molecule has 1 aliphatic carbocycles. The van der Waals surface area contributed by atoms with Crippen LogP contribution >= 0.6 is 0 Å². The number of nitriles is 1. The summed E-state index contributed by atoms with van der Waals surface area (Å²) in [6.07, 6.45) is 3.05. The lowest BCUT2D eigenvalue weighted by Gasteiger charge is -2.41. The third kappa shape index (κ3) is 1.73. The van der Waals surface area contributed by atoms with E-state index in [1.807, 2.05) is 0 Å². The molecule has 2 rings (SSSR count). The normalized spacial score (nSPS) is 17.0. The molecule has 1 aliphatic rings. The summed E-state index contributed by atoms with van der Waals surface area (Å²) >= 11 is 0. The monoisotopic (exact) mass is 232 g/mol. The van der Waals surface area contributed by atoms with Crippen molar-refractivity contribution >= 4 is 0 Å². The second-order valence-electron chi connectivity index (χ2n) is 4.52. The summed E-state index contributed by atoms with van der Waals surface area (Å²) in [5, 5.41) is 19.1. The summed E-state index contributed by atoms with van der Waals surface area (Å²) in [5.74, 6) is 0.575. The first-order chi connectivity index (χ1) is 8.16. The molecule has 1 fully saturated rings. The molecule has 1 saturated carbocycles. The fraction of sp³-hybridized carbons (Fsp3) is 0.462. The van der Waals surface area contributed by atoms with Gasteiger partial charge in [0, 0.05) is 23.6 Å². The smallest absolute Gasteiger partial charge is 0.140 e. The van der Waals surface area contributed by atoms with E-state index in [4.69, 9.17) is 15.7 Å². The maximum Gasteiger partial charge on any atom is 0.140 e. The molecule has 0 saturated heterocycles. The van der Waals surface area contributed by atoms with Gasteiger partial charge in [-0.1, -0.05) is 6.42 Å². The van der Waals surface area contributed by atoms with Gasteiger partial charge in [-0.05, 0) is 18.9 Å². The molecule has 0 bridgehead atoms. The van der Waals surface area contributed by atoms with Crippen LogP contribution in [0, 0.1) is 11.3 Å². The third-order valence-electron chi connectivity index (χ3n) is 3.71. The minimum atomic E-state index is -0.151. The van der Waals surface area contributed by atoms with Gasteiger partial charge in [0.25, 0.3) is 0 Å². The molecule has 1 aromatic rings. The number of ether oxygens (including phenoxy) is 1. The molecule has 0 aliphatic heterocycles. The summed E-state index contributed by atoms with van der Waals surface area (Å²) in [7, 11) is 1.48. The Hall–Kier alpha value is -1.73. The topological polar surface area (TPSA) is 79.3 Å². The summed E-state index contributed by atoms with van der Waals surface area (Å²) < 4.78 is 5.06. The Labute approximate surface area is 101 Å². The third-order valence-corrected chi connectivity index (χ3v) is 3.71. The van der Waals surface area contributed by atoms with Gasteiger partial charge in [-0.25, -0.2) is 0 Å². The van der Waals surface area contributed by atoms with E-state index in [-0.39, 0.29) is 11.2 Å². The number of hydrogen-bond donors (Lipinski definition) is 2. The molecule has 90 valence electrons. The van der Waals surface area contributed by atoms with Crippen LogP contribution in [0.4, 0.5) is 0 Å². The zero-order valence-corrected chi connectivity index (χ0v) is 9.86. The minimum absolute atomic E-state index is 0.151. The van der Waals surface area contributed by atoms with Crippen molar-refractivity contribution in [1.29, 1.82) is 5.26 Å². The van der Waals surface area contributed by atoms with E-state index in [9.17, 15) is 5.11 Å². The van der Waals surface area contributed by atoms with Crippen LogP contribution in [0.2, 0.25) is 0 Å². The maximum atomic E-state index is 10.0. The number of phenols is 1. The lowest BCUT2D eigenvalue weighted by Crippen LogP contribution is -2.41. The van der Waals surface area contributed by atoms with Gasteiger partial charge in [0.1, 0.15) is 17.6 Å². The van der Waals surface area contributed by atoms with Crippen LogP contribution in [0.3, 0.4) is 0 Å². The molecular formula is C13H16N2O2. The average molecular weight is 232 g/mol. The quantitative estimate of drug-likeness (QED) is 0.830. The van der Waals surface area contributed by atoms with Crippen molar-refractivity contribution in [3.63, 3.8) is 0 Å². The van der Waals surface area contributed by atoms with E-state index in [1.54, 1.807) is 6.07 Å². The SMILES string of the molecule is COc1cc(O)c(C2(CN)CCC2)cc1C#N. The molecule has 3 N–H and O–H groups in total. The van der Waals surface area contributed by atoms with Gasteiger partial charge in [-0.15, -0.1) is 0 Å². The van der Waals surface area contributed by atoms with Crippen LogP contribution in [0.15, 0.2) is 12.1 Å². The zero-order valence-electron chi connectivity index (χ0n) is 9.86. The Balaban J connectivity index is 2.52. The number of benzene rings is 1. The molecule has 0 amide bonds. The highest BCUT2D eigenvalue weighted by Crippen LogP contribution is 2.47. The minimum Gasteiger partial charge on any atom is -0.508 e. The zero-order chi connectivity index (χ0) is 12.5. The van der Waals surface area contributed by atoms with E-state index in [0.717, 1.165) is 24.8 Å². The van der Waals surface area contributed by atoms with Crippen molar-refractivity contribution < 1.29 is 9.84 Å². The molecule has 17 heavy (non-hydrogen) atoms. The number of phenolic OH excluding ortho intramolecular Hbond substituents is 1. The maximum absolute atomic E-state index is 10.0. The Morgan fingerprint density at radius 1 is 1.53 bits per heavy atom. The fourth-order valence-electron chi connectivity index (χ4n) is 2.44. The van der Waals surface area contributed by atoms with Crippen molar-refractivity contribution in [3.8, 4) is 17.6 Å². The highest BCUT2D eigenvalue weighted by molar-refractivity contribution is 5.54. The van der Waals surface area contributed by atoms with Gasteiger partial charge < -0.3 is 15.6 Å². The fourth-order valence-corrected chi connectivity index (χ4v) is 2.44. The average Bonchev–Trinajstić information content (AvgIpc) is 2.29. The molecule has 0 heterocycles. The Bertz CT molecular complexity index is 468. The molecule has 4 nitrogen and oxygen atoms in total. The lowest BCUT2D eigenvalue weighted by atomic mass is 9.64. The Kier molecular flexibility index (Phi) is 2.95. The van der Waals surface area contributed by atoms with Crippen molar-refractivity contribution in [2.45, 2.75) is 24.7 Å². The van der Waals surface area contributed by atoms with Crippen LogP contribution < -0.4 is 10.5 Å². The molecule has 0 radical (unpaired) electrons. The van der Waals surface area contributed by atoms with Crippen molar-refractivity contribution in [2.24, 2.45) is 5.73 Å². The highest BCUT2D eigenvalue weighted by atomic mass is 16.5. The summed E-state index contributed by atoms with van der Waals surface area (Å²) in [6.45, 7) is 0.498. The molecule has 0 unspecified atom stereocenters. The van der Waals surface area contributed by atoms with Gasteiger partial charge in [-0.2, -0.15) is 5.26 Å².